The second-order valence-electron chi connectivity index (χ2n) is 6.98. The number of carbonyl (C=O) groups is 1. The summed E-state index contributed by atoms with van der Waals surface area (Å²) < 4.78 is 5.59. The van der Waals surface area contributed by atoms with Crippen molar-refractivity contribution in [2.75, 3.05) is 6.61 Å². The van der Waals surface area contributed by atoms with Crippen molar-refractivity contribution < 1.29 is 14.6 Å². The van der Waals surface area contributed by atoms with E-state index in [1.807, 2.05) is 0 Å². The Hall–Kier alpha value is -0.570. The van der Waals surface area contributed by atoms with E-state index in [2.05, 4.69) is 27.7 Å². The van der Waals surface area contributed by atoms with E-state index in [4.69, 9.17) is 9.84 Å². The Morgan fingerprint density at radius 3 is 1.95 bits per heavy atom. The van der Waals surface area contributed by atoms with E-state index >= 15 is 0 Å². The monoisotopic (exact) mass is 314 g/mol. The first-order valence-electron chi connectivity index (χ1n) is 9.32. The molecule has 0 saturated carbocycles. The Balaban J connectivity index is 3.98. The van der Waals surface area contributed by atoms with Gasteiger partial charge in [-0.3, -0.25) is 0 Å². The maximum atomic E-state index is 10.7. The van der Waals surface area contributed by atoms with Crippen LogP contribution in [0.1, 0.15) is 91.9 Å². The molecule has 3 atom stereocenters. The molecule has 0 aromatic heterocycles. The van der Waals surface area contributed by atoms with Gasteiger partial charge >= 0.3 is 5.97 Å². The van der Waals surface area contributed by atoms with Crippen molar-refractivity contribution in [3.05, 3.63) is 0 Å². The molecule has 3 heteroatoms. The number of hydrogen-bond acceptors (Lipinski definition) is 2. The number of unbranched alkanes of at least 4 members (excludes halogenated alkanes) is 1. The number of aliphatic carboxylic acids is 1. The predicted octanol–water partition coefficient (Wildman–Crippen LogP) is 5.67. The SMILES string of the molecule is CCCC(C)CCCCC(CCC(C)CCC)OCC(=O)O. The molecule has 0 amide bonds. The van der Waals surface area contributed by atoms with Gasteiger partial charge in [0.2, 0.25) is 0 Å². The third-order valence-electron chi connectivity index (χ3n) is 4.46. The molecule has 0 aromatic carbocycles. The fourth-order valence-electron chi connectivity index (χ4n) is 3.11. The van der Waals surface area contributed by atoms with Crippen molar-refractivity contribution in [1.82, 2.24) is 0 Å². The maximum Gasteiger partial charge on any atom is 0.329 e. The molecule has 22 heavy (non-hydrogen) atoms. The second-order valence-corrected chi connectivity index (χ2v) is 6.98. The lowest BCUT2D eigenvalue weighted by molar-refractivity contribution is -0.144. The summed E-state index contributed by atoms with van der Waals surface area (Å²) in [5.74, 6) is 0.668. The van der Waals surface area contributed by atoms with Crippen LogP contribution in [0.15, 0.2) is 0 Å². The third-order valence-corrected chi connectivity index (χ3v) is 4.46. The summed E-state index contributed by atoms with van der Waals surface area (Å²) in [7, 11) is 0. The van der Waals surface area contributed by atoms with Gasteiger partial charge in [0.1, 0.15) is 6.61 Å². The van der Waals surface area contributed by atoms with Gasteiger partial charge in [-0.15, -0.1) is 0 Å². The molecule has 0 fully saturated rings. The highest BCUT2D eigenvalue weighted by atomic mass is 16.5. The van der Waals surface area contributed by atoms with Crippen LogP contribution in [0, 0.1) is 11.8 Å². The van der Waals surface area contributed by atoms with Crippen LogP contribution in [0.3, 0.4) is 0 Å². The van der Waals surface area contributed by atoms with E-state index in [1.165, 1.54) is 38.5 Å². The highest BCUT2D eigenvalue weighted by molar-refractivity contribution is 5.68. The van der Waals surface area contributed by atoms with Crippen LogP contribution in [0.2, 0.25) is 0 Å². The summed E-state index contributed by atoms with van der Waals surface area (Å²) in [6, 6.07) is 0. The highest BCUT2D eigenvalue weighted by Crippen LogP contribution is 2.20. The maximum absolute atomic E-state index is 10.7. The van der Waals surface area contributed by atoms with Gasteiger partial charge in [0, 0.05) is 0 Å². The van der Waals surface area contributed by atoms with Gasteiger partial charge in [0.15, 0.2) is 0 Å². The van der Waals surface area contributed by atoms with Gasteiger partial charge in [-0.2, -0.15) is 0 Å². The molecule has 0 radical (unpaired) electrons. The number of carboxylic acid groups (broad SMARTS) is 1. The Labute approximate surface area is 137 Å². The minimum absolute atomic E-state index is 0.122. The Kier molecular flexibility index (Phi) is 13.7. The minimum atomic E-state index is -0.858. The standard InChI is InChI=1S/C19H38O3/c1-5-9-16(3)11-7-8-12-18(22-15-19(20)21)14-13-17(4)10-6-2/h16-18H,5-15H2,1-4H3,(H,20,21). The molecular weight excluding hydrogens is 276 g/mol. The summed E-state index contributed by atoms with van der Waals surface area (Å²) in [5, 5.41) is 8.80. The molecule has 0 saturated heterocycles. The molecule has 3 unspecified atom stereocenters. The first-order valence-corrected chi connectivity index (χ1v) is 9.32. The first-order chi connectivity index (χ1) is 10.5. The van der Waals surface area contributed by atoms with E-state index in [-0.39, 0.29) is 12.7 Å². The second kappa shape index (κ2) is 14.0. The van der Waals surface area contributed by atoms with Crippen LogP contribution < -0.4 is 0 Å². The zero-order valence-electron chi connectivity index (χ0n) is 15.3. The van der Waals surface area contributed by atoms with Gasteiger partial charge in [-0.1, -0.05) is 72.6 Å². The molecule has 0 spiro atoms. The third kappa shape index (κ3) is 13.1. The van der Waals surface area contributed by atoms with E-state index in [0.29, 0.717) is 5.92 Å². The lowest BCUT2D eigenvalue weighted by Crippen LogP contribution is -2.19. The number of carboxylic acids is 1. The van der Waals surface area contributed by atoms with Crippen LogP contribution >= 0.6 is 0 Å². The average Bonchev–Trinajstić information content (AvgIpc) is 2.45. The topological polar surface area (TPSA) is 46.5 Å². The van der Waals surface area contributed by atoms with Crippen molar-refractivity contribution in [2.24, 2.45) is 11.8 Å². The van der Waals surface area contributed by atoms with E-state index in [1.54, 1.807) is 0 Å². The average molecular weight is 315 g/mol. The molecule has 1 N–H and O–H groups in total. The van der Waals surface area contributed by atoms with Gasteiger partial charge < -0.3 is 9.84 Å². The zero-order chi connectivity index (χ0) is 16.8. The first kappa shape index (κ1) is 21.4. The van der Waals surface area contributed by atoms with Crippen LogP contribution in [-0.2, 0) is 9.53 Å². The van der Waals surface area contributed by atoms with Gasteiger partial charge in [0.05, 0.1) is 6.10 Å². The van der Waals surface area contributed by atoms with Gasteiger partial charge in [-0.25, -0.2) is 4.79 Å². The highest BCUT2D eigenvalue weighted by Gasteiger charge is 2.13. The quantitative estimate of drug-likeness (QED) is 0.396. The van der Waals surface area contributed by atoms with E-state index < -0.39 is 5.97 Å². The number of rotatable bonds is 15. The van der Waals surface area contributed by atoms with E-state index in [0.717, 1.165) is 31.6 Å². The smallest absolute Gasteiger partial charge is 0.329 e. The van der Waals surface area contributed by atoms with Crippen molar-refractivity contribution in [3.8, 4) is 0 Å². The lowest BCUT2D eigenvalue weighted by atomic mass is 9.95. The lowest BCUT2D eigenvalue weighted by Gasteiger charge is -2.19. The molecule has 0 aliphatic heterocycles. The molecule has 0 heterocycles. The van der Waals surface area contributed by atoms with Crippen molar-refractivity contribution in [2.45, 2.75) is 98.0 Å². The fraction of sp³-hybridized carbons (Fsp3) is 0.947. The minimum Gasteiger partial charge on any atom is -0.480 e. The summed E-state index contributed by atoms with van der Waals surface area (Å²) in [6.45, 7) is 8.91. The number of ether oxygens (including phenoxy) is 1. The summed E-state index contributed by atoms with van der Waals surface area (Å²) >= 11 is 0. The van der Waals surface area contributed by atoms with Crippen molar-refractivity contribution in [3.63, 3.8) is 0 Å². The predicted molar refractivity (Wildman–Crippen MR) is 93.2 cm³/mol. The van der Waals surface area contributed by atoms with Crippen LogP contribution in [0.4, 0.5) is 0 Å². The Bertz CT molecular complexity index is 265. The van der Waals surface area contributed by atoms with Crippen LogP contribution in [0.25, 0.3) is 0 Å². The largest absolute Gasteiger partial charge is 0.480 e. The summed E-state index contributed by atoms with van der Waals surface area (Å²) in [4.78, 5) is 10.7. The molecule has 0 rings (SSSR count). The molecule has 0 bridgehead atoms. The zero-order valence-corrected chi connectivity index (χ0v) is 15.3. The molecule has 0 aliphatic rings. The molecule has 0 aliphatic carbocycles. The Morgan fingerprint density at radius 2 is 1.41 bits per heavy atom. The van der Waals surface area contributed by atoms with Crippen LogP contribution in [-0.4, -0.2) is 23.8 Å². The fourth-order valence-corrected chi connectivity index (χ4v) is 3.11. The molecule has 0 aromatic rings. The molecule has 3 nitrogen and oxygen atoms in total. The van der Waals surface area contributed by atoms with Crippen LogP contribution in [0.5, 0.6) is 0 Å². The number of hydrogen-bond donors (Lipinski definition) is 1. The molecule has 132 valence electrons. The summed E-state index contributed by atoms with van der Waals surface area (Å²) in [6.07, 6.45) is 12.0. The van der Waals surface area contributed by atoms with Crippen molar-refractivity contribution >= 4 is 5.97 Å². The normalized spacial score (nSPS) is 15.5. The van der Waals surface area contributed by atoms with E-state index in [9.17, 15) is 4.79 Å². The van der Waals surface area contributed by atoms with Gasteiger partial charge in [-0.05, 0) is 31.1 Å². The van der Waals surface area contributed by atoms with Gasteiger partial charge in [0.25, 0.3) is 0 Å². The summed E-state index contributed by atoms with van der Waals surface area (Å²) in [5.41, 5.74) is 0. The Morgan fingerprint density at radius 1 is 0.864 bits per heavy atom. The van der Waals surface area contributed by atoms with Crippen molar-refractivity contribution in [1.29, 1.82) is 0 Å². The molecular formula is C19H38O3.